The highest BCUT2D eigenvalue weighted by Crippen LogP contribution is 2.14. The van der Waals surface area contributed by atoms with Crippen LogP contribution in [-0.4, -0.2) is 38.7 Å². The minimum absolute atomic E-state index is 0.0853. The van der Waals surface area contributed by atoms with E-state index in [0.717, 1.165) is 0 Å². The van der Waals surface area contributed by atoms with E-state index >= 15 is 0 Å². The molecule has 0 aromatic heterocycles. The van der Waals surface area contributed by atoms with Gasteiger partial charge in [0.2, 0.25) is 0 Å². The Balaban J connectivity index is 2.59. The van der Waals surface area contributed by atoms with Gasteiger partial charge >= 0.3 is 0 Å². The molecule has 0 radical (unpaired) electrons. The number of hydrogen-bond donors (Lipinski definition) is 1. The Morgan fingerprint density at radius 2 is 2.25 bits per heavy atom. The molecule has 2 N–H and O–H groups in total. The molecular weight excluding hydrogens is 178 g/mol. The van der Waals surface area contributed by atoms with Crippen LogP contribution in [-0.2, 0) is 14.6 Å². The van der Waals surface area contributed by atoms with Gasteiger partial charge in [-0.3, -0.25) is 0 Å². The molecule has 4 nitrogen and oxygen atoms in total. The molecule has 0 bridgehead atoms. The van der Waals surface area contributed by atoms with Crippen LogP contribution in [0.5, 0.6) is 0 Å². The lowest BCUT2D eigenvalue weighted by molar-refractivity contribution is 0.0562. The van der Waals surface area contributed by atoms with Gasteiger partial charge in [0.1, 0.15) is 0 Å². The van der Waals surface area contributed by atoms with Crippen LogP contribution in [0.3, 0.4) is 0 Å². The molecule has 72 valence electrons. The topological polar surface area (TPSA) is 69.4 Å². The molecule has 0 aromatic carbocycles. The van der Waals surface area contributed by atoms with Crippen molar-refractivity contribution >= 4 is 9.84 Å². The first-order valence-electron chi connectivity index (χ1n) is 4.13. The van der Waals surface area contributed by atoms with E-state index in [9.17, 15) is 8.42 Å². The first-order chi connectivity index (χ1) is 5.55. The number of hydrogen-bond acceptors (Lipinski definition) is 4. The molecule has 1 fully saturated rings. The maximum absolute atomic E-state index is 11.1. The smallest absolute Gasteiger partial charge is 0.152 e. The van der Waals surface area contributed by atoms with E-state index in [0.29, 0.717) is 13.0 Å². The lowest BCUT2D eigenvalue weighted by Gasteiger charge is -2.27. The first-order valence-corrected chi connectivity index (χ1v) is 5.95. The first kappa shape index (κ1) is 9.95. The highest BCUT2D eigenvalue weighted by molar-refractivity contribution is 7.91. The molecule has 1 saturated heterocycles. The summed E-state index contributed by atoms with van der Waals surface area (Å²) in [7, 11) is -2.89. The van der Waals surface area contributed by atoms with Crippen LogP contribution < -0.4 is 5.73 Å². The average Bonchev–Trinajstić information content (AvgIpc) is 1.97. The van der Waals surface area contributed by atoms with Gasteiger partial charge in [-0.25, -0.2) is 8.42 Å². The Labute approximate surface area is 73.0 Å². The van der Waals surface area contributed by atoms with E-state index in [1.807, 2.05) is 6.92 Å². The molecule has 1 aliphatic rings. The normalized spacial score (nSPS) is 34.8. The summed E-state index contributed by atoms with van der Waals surface area (Å²) in [5.41, 5.74) is 5.70. The largest absolute Gasteiger partial charge is 0.376 e. The SMILES string of the molecule is CCOC1CS(=O)(=O)CCC1N. The summed E-state index contributed by atoms with van der Waals surface area (Å²) in [5.74, 6) is 0.291. The predicted octanol–water partition coefficient (Wildman–Crippen LogP) is -0.463. The van der Waals surface area contributed by atoms with Gasteiger partial charge in [0.15, 0.2) is 9.84 Å². The molecule has 0 saturated carbocycles. The molecule has 0 spiro atoms. The summed E-state index contributed by atoms with van der Waals surface area (Å²) in [6, 6.07) is -0.117. The van der Waals surface area contributed by atoms with Crippen molar-refractivity contribution in [2.45, 2.75) is 25.5 Å². The Hall–Kier alpha value is -0.130. The van der Waals surface area contributed by atoms with E-state index < -0.39 is 9.84 Å². The minimum atomic E-state index is -2.89. The fraction of sp³-hybridized carbons (Fsp3) is 1.00. The van der Waals surface area contributed by atoms with Gasteiger partial charge in [-0.05, 0) is 13.3 Å². The van der Waals surface area contributed by atoms with Gasteiger partial charge in [-0.1, -0.05) is 0 Å². The molecular formula is C7H15NO3S. The Morgan fingerprint density at radius 1 is 1.58 bits per heavy atom. The van der Waals surface area contributed by atoms with Gasteiger partial charge in [0.05, 0.1) is 17.6 Å². The van der Waals surface area contributed by atoms with Gasteiger partial charge in [-0.2, -0.15) is 0 Å². The minimum Gasteiger partial charge on any atom is -0.376 e. The molecule has 12 heavy (non-hydrogen) atoms. The maximum Gasteiger partial charge on any atom is 0.152 e. The van der Waals surface area contributed by atoms with Crippen LogP contribution in [0.1, 0.15) is 13.3 Å². The second kappa shape index (κ2) is 3.72. The van der Waals surface area contributed by atoms with E-state index in [2.05, 4.69) is 0 Å². The number of rotatable bonds is 2. The highest BCUT2D eigenvalue weighted by Gasteiger charge is 2.30. The fourth-order valence-corrected chi connectivity index (χ4v) is 2.99. The monoisotopic (exact) mass is 193 g/mol. The Kier molecular flexibility index (Phi) is 3.09. The fourth-order valence-electron chi connectivity index (χ4n) is 1.34. The van der Waals surface area contributed by atoms with Crippen LogP contribution >= 0.6 is 0 Å². The molecule has 1 aliphatic heterocycles. The van der Waals surface area contributed by atoms with Crippen molar-refractivity contribution in [1.29, 1.82) is 0 Å². The van der Waals surface area contributed by atoms with Gasteiger partial charge in [0.25, 0.3) is 0 Å². The summed E-state index contributed by atoms with van der Waals surface area (Å²) in [6.45, 7) is 2.36. The summed E-state index contributed by atoms with van der Waals surface area (Å²) >= 11 is 0. The summed E-state index contributed by atoms with van der Waals surface area (Å²) in [6.07, 6.45) is 0.223. The third-order valence-electron chi connectivity index (χ3n) is 2.04. The van der Waals surface area contributed by atoms with Crippen molar-refractivity contribution in [3.8, 4) is 0 Å². The summed E-state index contributed by atoms with van der Waals surface area (Å²) in [5, 5.41) is 0. The third-order valence-corrected chi connectivity index (χ3v) is 3.73. The second-order valence-corrected chi connectivity index (χ2v) is 5.29. The highest BCUT2D eigenvalue weighted by atomic mass is 32.2. The van der Waals surface area contributed by atoms with Crippen LogP contribution in [0, 0.1) is 0 Å². The van der Waals surface area contributed by atoms with Crippen LogP contribution in [0.4, 0.5) is 0 Å². The van der Waals surface area contributed by atoms with Crippen molar-refractivity contribution in [2.24, 2.45) is 5.73 Å². The predicted molar refractivity (Wildman–Crippen MR) is 46.7 cm³/mol. The van der Waals surface area contributed by atoms with Crippen molar-refractivity contribution in [3.05, 3.63) is 0 Å². The van der Waals surface area contributed by atoms with E-state index in [-0.39, 0.29) is 23.7 Å². The van der Waals surface area contributed by atoms with Crippen LogP contribution in [0.2, 0.25) is 0 Å². The molecule has 2 unspecified atom stereocenters. The van der Waals surface area contributed by atoms with Crippen molar-refractivity contribution < 1.29 is 13.2 Å². The quantitative estimate of drug-likeness (QED) is 0.644. The van der Waals surface area contributed by atoms with Crippen LogP contribution in [0.15, 0.2) is 0 Å². The Bertz CT molecular complexity index is 237. The van der Waals surface area contributed by atoms with Gasteiger partial charge in [-0.15, -0.1) is 0 Å². The number of ether oxygens (including phenoxy) is 1. The number of nitrogens with two attached hydrogens (primary N) is 1. The van der Waals surface area contributed by atoms with Gasteiger partial charge in [0, 0.05) is 12.6 Å². The molecule has 0 aliphatic carbocycles. The molecule has 2 atom stereocenters. The van der Waals surface area contributed by atoms with Crippen molar-refractivity contribution in [2.75, 3.05) is 18.1 Å². The van der Waals surface area contributed by atoms with Gasteiger partial charge < -0.3 is 10.5 Å². The summed E-state index contributed by atoms with van der Waals surface area (Å²) < 4.78 is 27.5. The zero-order chi connectivity index (χ0) is 9.19. The molecule has 1 rings (SSSR count). The van der Waals surface area contributed by atoms with E-state index in [1.54, 1.807) is 0 Å². The standard InChI is InChI=1S/C7H15NO3S/c1-2-11-7-5-12(9,10)4-3-6(7)8/h6-7H,2-5,8H2,1H3. The zero-order valence-corrected chi connectivity index (χ0v) is 8.01. The molecule has 5 heteroatoms. The van der Waals surface area contributed by atoms with Crippen molar-refractivity contribution in [3.63, 3.8) is 0 Å². The van der Waals surface area contributed by atoms with Crippen LogP contribution in [0.25, 0.3) is 0 Å². The second-order valence-electron chi connectivity index (χ2n) is 3.06. The maximum atomic E-state index is 11.1. The number of sulfone groups is 1. The Morgan fingerprint density at radius 3 is 2.83 bits per heavy atom. The lowest BCUT2D eigenvalue weighted by Crippen LogP contribution is -2.47. The lowest BCUT2D eigenvalue weighted by atomic mass is 10.1. The average molecular weight is 193 g/mol. The zero-order valence-electron chi connectivity index (χ0n) is 7.19. The third kappa shape index (κ3) is 2.43. The van der Waals surface area contributed by atoms with E-state index in [4.69, 9.17) is 10.5 Å². The van der Waals surface area contributed by atoms with E-state index in [1.165, 1.54) is 0 Å². The molecule has 0 amide bonds. The molecule has 1 heterocycles. The summed E-state index contributed by atoms with van der Waals surface area (Å²) in [4.78, 5) is 0. The van der Waals surface area contributed by atoms with Crippen molar-refractivity contribution in [1.82, 2.24) is 0 Å². The molecule has 0 aromatic rings.